The number of hydrogen-bond acceptors (Lipinski definition) is 3. The molecule has 112 valence electrons. The molecule has 1 aliphatic rings. The van der Waals surface area contributed by atoms with Crippen LogP contribution in [0.25, 0.3) is 0 Å². The number of nitrogens with zero attached hydrogens (tertiary/aromatic N) is 5. The molecule has 2 aromatic rings. The maximum Gasteiger partial charge on any atom is 0.247 e. The van der Waals surface area contributed by atoms with E-state index in [-0.39, 0.29) is 11.9 Å². The average molecular weight is 287 g/mol. The zero-order valence-corrected chi connectivity index (χ0v) is 12.5. The zero-order valence-electron chi connectivity index (χ0n) is 12.5. The number of hydrogen-bond donors (Lipinski definition) is 0. The Morgan fingerprint density at radius 1 is 1.38 bits per heavy atom. The minimum absolute atomic E-state index is 0.140. The monoisotopic (exact) mass is 287 g/mol. The minimum atomic E-state index is -0.248. The lowest BCUT2D eigenvalue weighted by Gasteiger charge is -2.35. The summed E-state index contributed by atoms with van der Waals surface area (Å²) in [4.78, 5) is 18.9. The number of amides is 1. The van der Waals surface area contributed by atoms with Gasteiger partial charge in [0.05, 0.1) is 6.04 Å². The summed E-state index contributed by atoms with van der Waals surface area (Å²) >= 11 is 0. The number of rotatable bonds is 3. The lowest BCUT2D eigenvalue weighted by atomic mass is 10.0. The van der Waals surface area contributed by atoms with Gasteiger partial charge in [-0.2, -0.15) is 5.10 Å². The molecule has 0 aromatic carbocycles. The Labute approximate surface area is 124 Å². The van der Waals surface area contributed by atoms with Crippen molar-refractivity contribution in [1.29, 1.82) is 0 Å². The van der Waals surface area contributed by atoms with Crippen LogP contribution >= 0.6 is 0 Å². The van der Waals surface area contributed by atoms with Crippen LogP contribution in [0, 0.1) is 6.92 Å². The predicted octanol–water partition coefficient (Wildman–Crippen LogP) is 1.81. The Kier molecular flexibility index (Phi) is 3.77. The van der Waals surface area contributed by atoms with Crippen LogP contribution in [-0.4, -0.2) is 43.2 Å². The highest BCUT2D eigenvalue weighted by molar-refractivity contribution is 5.80. The maximum atomic E-state index is 12.6. The number of piperidine rings is 1. The topological polar surface area (TPSA) is 56.0 Å². The molecule has 1 fully saturated rings. The van der Waals surface area contributed by atoms with Gasteiger partial charge in [0.15, 0.2) is 0 Å². The van der Waals surface area contributed by atoms with E-state index in [1.807, 2.05) is 43.4 Å². The Bertz CT molecular complexity index is 603. The van der Waals surface area contributed by atoms with E-state index < -0.39 is 0 Å². The van der Waals surface area contributed by atoms with Crippen LogP contribution in [-0.2, 0) is 4.79 Å². The molecule has 2 unspecified atom stereocenters. The summed E-state index contributed by atoms with van der Waals surface area (Å²) in [6.45, 7) is 5.49. The van der Waals surface area contributed by atoms with Crippen molar-refractivity contribution in [1.82, 2.24) is 24.2 Å². The summed E-state index contributed by atoms with van der Waals surface area (Å²) in [5, 5.41) is 4.17. The number of carbonyl (C=O) groups is 1. The molecule has 0 aliphatic carbocycles. The van der Waals surface area contributed by atoms with Gasteiger partial charge in [0.1, 0.15) is 11.9 Å². The second-order valence-electron chi connectivity index (χ2n) is 5.62. The molecular weight excluding hydrogens is 266 g/mol. The van der Waals surface area contributed by atoms with Gasteiger partial charge < -0.3 is 9.47 Å². The van der Waals surface area contributed by atoms with Gasteiger partial charge in [-0.1, -0.05) is 0 Å². The van der Waals surface area contributed by atoms with Crippen LogP contribution < -0.4 is 0 Å². The highest BCUT2D eigenvalue weighted by atomic mass is 16.2. The molecule has 1 aliphatic heterocycles. The van der Waals surface area contributed by atoms with Gasteiger partial charge in [0.25, 0.3) is 0 Å². The van der Waals surface area contributed by atoms with E-state index in [0.717, 1.165) is 31.8 Å². The first-order chi connectivity index (χ1) is 10.2. The van der Waals surface area contributed by atoms with E-state index in [4.69, 9.17) is 0 Å². The molecule has 0 N–H and O–H groups in total. The average Bonchev–Trinajstić information content (AvgIpc) is 3.17. The van der Waals surface area contributed by atoms with Crippen LogP contribution in [0.5, 0.6) is 0 Å². The summed E-state index contributed by atoms with van der Waals surface area (Å²) in [5.41, 5.74) is 0. The first-order valence-electron chi connectivity index (χ1n) is 7.44. The second kappa shape index (κ2) is 5.71. The molecule has 3 rings (SSSR count). The molecule has 1 saturated heterocycles. The molecule has 0 spiro atoms. The van der Waals surface area contributed by atoms with Crippen LogP contribution in [0.2, 0.25) is 0 Å². The lowest BCUT2D eigenvalue weighted by molar-refractivity contribution is -0.136. The van der Waals surface area contributed by atoms with E-state index in [1.54, 1.807) is 10.9 Å². The van der Waals surface area contributed by atoms with E-state index in [2.05, 4.69) is 14.6 Å². The van der Waals surface area contributed by atoms with Crippen LogP contribution in [0.1, 0.15) is 37.7 Å². The number of likely N-dealkylation sites (tertiary alicyclic amines) is 1. The van der Waals surface area contributed by atoms with Gasteiger partial charge in [-0.3, -0.25) is 9.48 Å². The quantitative estimate of drug-likeness (QED) is 0.865. The van der Waals surface area contributed by atoms with Crippen LogP contribution in [0.15, 0.2) is 30.9 Å². The number of carbonyl (C=O) groups excluding carboxylic acids is 1. The van der Waals surface area contributed by atoms with Gasteiger partial charge in [-0.25, -0.2) is 4.98 Å². The normalized spacial score (nSPS) is 20.5. The van der Waals surface area contributed by atoms with Crippen molar-refractivity contribution in [2.75, 3.05) is 13.1 Å². The molecule has 3 heterocycles. The fraction of sp³-hybridized carbons (Fsp3) is 0.533. The van der Waals surface area contributed by atoms with Crippen molar-refractivity contribution in [3.63, 3.8) is 0 Å². The van der Waals surface area contributed by atoms with E-state index in [1.165, 1.54) is 0 Å². The smallest absolute Gasteiger partial charge is 0.247 e. The fourth-order valence-corrected chi connectivity index (χ4v) is 3.04. The van der Waals surface area contributed by atoms with Gasteiger partial charge in [-0.05, 0) is 32.8 Å². The summed E-state index contributed by atoms with van der Waals surface area (Å²) in [7, 11) is 0. The largest absolute Gasteiger partial charge is 0.339 e. The molecule has 21 heavy (non-hydrogen) atoms. The van der Waals surface area contributed by atoms with Crippen LogP contribution in [0.4, 0.5) is 0 Å². The summed E-state index contributed by atoms with van der Waals surface area (Å²) < 4.78 is 3.90. The van der Waals surface area contributed by atoms with Crippen molar-refractivity contribution in [3.8, 4) is 0 Å². The summed E-state index contributed by atoms with van der Waals surface area (Å²) in [5.74, 6) is 1.15. The van der Waals surface area contributed by atoms with Gasteiger partial charge in [-0.15, -0.1) is 0 Å². The first kappa shape index (κ1) is 13.9. The SMILES string of the molecule is Cc1nccn1C1CCCN(C(=O)C(C)n2cccn2)C1. The second-order valence-corrected chi connectivity index (χ2v) is 5.62. The number of aromatic nitrogens is 4. The molecule has 6 heteroatoms. The fourth-order valence-electron chi connectivity index (χ4n) is 3.04. The molecular formula is C15H21N5O. The lowest BCUT2D eigenvalue weighted by Crippen LogP contribution is -2.43. The third-order valence-corrected chi connectivity index (χ3v) is 4.24. The highest BCUT2D eigenvalue weighted by Crippen LogP contribution is 2.24. The maximum absolute atomic E-state index is 12.6. The predicted molar refractivity (Wildman–Crippen MR) is 78.8 cm³/mol. The van der Waals surface area contributed by atoms with E-state index in [9.17, 15) is 4.79 Å². The van der Waals surface area contributed by atoms with Crippen molar-refractivity contribution in [3.05, 3.63) is 36.7 Å². The van der Waals surface area contributed by atoms with Gasteiger partial charge >= 0.3 is 0 Å². The van der Waals surface area contributed by atoms with Crippen molar-refractivity contribution >= 4 is 5.91 Å². The molecule has 0 bridgehead atoms. The van der Waals surface area contributed by atoms with Gasteiger partial charge in [0, 0.05) is 37.9 Å². The molecule has 6 nitrogen and oxygen atoms in total. The Balaban J connectivity index is 1.71. The number of aryl methyl sites for hydroxylation is 1. The molecule has 2 atom stereocenters. The standard InChI is InChI=1S/C15H21N5O/c1-12(20-9-4-6-17-20)15(21)18-8-3-5-14(11-18)19-10-7-16-13(19)2/h4,6-7,9-10,12,14H,3,5,8,11H2,1-2H3. The molecule has 0 radical (unpaired) electrons. The Morgan fingerprint density at radius 2 is 2.24 bits per heavy atom. The summed E-state index contributed by atoms with van der Waals surface area (Å²) in [6.07, 6.45) is 9.49. The van der Waals surface area contributed by atoms with Crippen LogP contribution in [0.3, 0.4) is 0 Å². The van der Waals surface area contributed by atoms with E-state index >= 15 is 0 Å². The van der Waals surface area contributed by atoms with Crippen molar-refractivity contribution in [2.24, 2.45) is 0 Å². The first-order valence-corrected chi connectivity index (χ1v) is 7.44. The Hall–Kier alpha value is -2.11. The minimum Gasteiger partial charge on any atom is -0.339 e. The highest BCUT2D eigenvalue weighted by Gasteiger charge is 2.28. The number of imidazole rings is 1. The Morgan fingerprint density at radius 3 is 2.90 bits per heavy atom. The van der Waals surface area contributed by atoms with Crippen molar-refractivity contribution < 1.29 is 4.79 Å². The summed E-state index contributed by atoms with van der Waals surface area (Å²) in [6, 6.07) is 1.93. The van der Waals surface area contributed by atoms with Gasteiger partial charge in [0.2, 0.25) is 5.91 Å². The molecule has 0 saturated carbocycles. The third-order valence-electron chi connectivity index (χ3n) is 4.24. The van der Waals surface area contributed by atoms with Crippen molar-refractivity contribution in [2.45, 2.75) is 38.8 Å². The molecule has 2 aromatic heterocycles. The van der Waals surface area contributed by atoms with E-state index in [0.29, 0.717) is 6.04 Å². The third kappa shape index (κ3) is 2.70. The molecule has 1 amide bonds. The zero-order chi connectivity index (χ0) is 14.8.